The highest BCUT2D eigenvalue weighted by Crippen LogP contribution is 2.45. The third-order valence-electron chi connectivity index (χ3n) is 20.7. The lowest BCUT2D eigenvalue weighted by Gasteiger charge is -2.21. The lowest BCUT2D eigenvalue weighted by molar-refractivity contribution is -0.161. The van der Waals surface area contributed by atoms with Gasteiger partial charge in [-0.2, -0.15) is 0 Å². The van der Waals surface area contributed by atoms with Gasteiger partial charge >= 0.3 is 33.6 Å². The third kappa shape index (κ3) is 92.5. The van der Waals surface area contributed by atoms with Crippen molar-refractivity contribution in [3.05, 3.63) is 122 Å². The molecule has 0 saturated carbocycles. The second-order valence-electron chi connectivity index (χ2n) is 32.1. The van der Waals surface area contributed by atoms with Gasteiger partial charge in [0.15, 0.2) is 6.10 Å². The Hall–Kier alpha value is -4.05. The molecule has 0 spiro atoms. The van der Waals surface area contributed by atoms with Crippen LogP contribution in [-0.4, -0.2) is 95.9 Å². The van der Waals surface area contributed by atoms with Crippen LogP contribution in [0.25, 0.3) is 0 Å². The molecule has 0 aromatic carbocycles. The van der Waals surface area contributed by atoms with E-state index in [9.17, 15) is 43.5 Å². The van der Waals surface area contributed by atoms with Gasteiger partial charge < -0.3 is 34.2 Å². The van der Waals surface area contributed by atoms with Gasteiger partial charge in [-0.1, -0.05) is 425 Å². The number of ether oxygens (including phenoxy) is 3. The molecular formula is C99H176O16P2. The van der Waals surface area contributed by atoms with E-state index in [0.29, 0.717) is 19.3 Å². The number of phosphoric ester groups is 2. The van der Waals surface area contributed by atoms with Crippen LogP contribution in [0, 0.1) is 0 Å². The van der Waals surface area contributed by atoms with E-state index < -0.39 is 91.5 Å². The van der Waals surface area contributed by atoms with E-state index in [4.69, 9.17) is 32.3 Å². The Morgan fingerprint density at radius 1 is 0.248 bits per heavy atom. The molecule has 16 nitrogen and oxygen atoms in total. The predicted octanol–water partition coefficient (Wildman–Crippen LogP) is 29.6. The monoisotopic (exact) mass is 1680 g/mol. The number of hydrogen-bond donors (Lipinski definition) is 4. The number of esters is 3. The van der Waals surface area contributed by atoms with Crippen LogP contribution in [0.2, 0.25) is 0 Å². The van der Waals surface area contributed by atoms with Crippen molar-refractivity contribution in [2.24, 2.45) is 0 Å². The van der Waals surface area contributed by atoms with Crippen LogP contribution in [0.15, 0.2) is 122 Å². The van der Waals surface area contributed by atoms with Crippen molar-refractivity contribution < 1.29 is 75.8 Å². The van der Waals surface area contributed by atoms with Crippen LogP contribution in [0.5, 0.6) is 0 Å². The maximum absolute atomic E-state index is 13.0. The molecule has 0 saturated heterocycles. The summed E-state index contributed by atoms with van der Waals surface area (Å²) in [6.07, 6.45) is 113. The normalized spacial score (nSPS) is 14.3. The summed E-state index contributed by atoms with van der Waals surface area (Å²) in [7, 11) is -9.78. The molecule has 0 aliphatic rings. The highest BCUT2D eigenvalue weighted by atomic mass is 31.2. The average molecular weight is 1680 g/mol. The minimum Gasteiger partial charge on any atom is -0.463 e. The Morgan fingerprint density at radius 3 is 0.718 bits per heavy atom. The summed E-state index contributed by atoms with van der Waals surface area (Å²) >= 11 is 0. The molecule has 0 rings (SSSR count). The Labute approximate surface area is 716 Å². The number of unbranched alkanes of at least 4 members (excludes halogenated alkanes) is 48. The minimum absolute atomic E-state index is 0.110. The second kappa shape index (κ2) is 91.2. The van der Waals surface area contributed by atoms with Gasteiger partial charge in [0.25, 0.3) is 0 Å². The van der Waals surface area contributed by atoms with E-state index >= 15 is 0 Å². The number of carbonyl (C=O) groups excluding carboxylic acids is 3. The molecule has 0 heterocycles. The Balaban J connectivity index is 4.27. The van der Waals surface area contributed by atoms with Crippen molar-refractivity contribution in [1.82, 2.24) is 0 Å². The molecule has 0 radical (unpaired) electrons. The first-order valence-corrected chi connectivity index (χ1v) is 50.8. The van der Waals surface area contributed by atoms with Crippen LogP contribution in [0.3, 0.4) is 0 Å². The summed E-state index contributed by atoms with van der Waals surface area (Å²) in [6, 6.07) is 0. The van der Waals surface area contributed by atoms with Crippen molar-refractivity contribution in [2.45, 2.75) is 450 Å². The zero-order valence-electron chi connectivity index (χ0n) is 74.9. The van der Waals surface area contributed by atoms with Crippen molar-refractivity contribution >= 4 is 33.6 Å². The molecular weight excluding hydrogens is 1510 g/mol. The lowest BCUT2D eigenvalue weighted by Crippen LogP contribution is -2.30. The Kier molecular flexibility index (Phi) is 88.0. The van der Waals surface area contributed by atoms with Crippen LogP contribution < -0.4 is 0 Å². The summed E-state index contributed by atoms with van der Waals surface area (Å²) < 4.78 is 61.4. The van der Waals surface area contributed by atoms with E-state index in [0.717, 1.165) is 128 Å². The molecule has 678 valence electrons. The van der Waals surface area contributed by atoms with Crippen LogP contribution >= 0.6 is 15.6 Å². The number of allylic oxidation sites excluding steroid dienone is 20. The second-order valence-corrected chi connectivity index (χ2v) is 35.0. The summed E-state index contributed by atoms with van der Waals surface area (Å²) in [5, 5.41) is 20.7. The summed E-state index contributed by atoms with van der Waals surface area (Å²) in [5.74, 6) is -1.55. The molecule has 0 bridgehead atoms. The number of hydrogen-bond acceptors (Lipinski definition) is 14. The SMILES string of the molecule is CC/C=C\C/C=C\C/C=C\C/C=C\C/C=C\CCCCCCCCCCCCCCCCCCCCCC(=O)OCC(O)COP(=O)(O)OCC(O)COP(=O)(O)OCC(COC(=O)CCCCCCCCCCCCCCCCCCCCC/C=C\C/C=C\C/C=C\C/C=C\C/C=C\CC)OC(=O)CCCCCCCCCCCCC. The standard InChI is InChI=1S/C99H176O16P2/c1-4-7-10-13-16-19-22-24-26-28-30-32-34-36-38-40-42-44-46-48-50-52-54-56-58-60-62-64-66-68-71-73-76-79-82-85-97(102)109-88-94(100)89-111-116(105,106)112-90-95(101)91-113-117(107,108)114-93-96(115-99(104)87-84-81-78-75-70-21-18-15-12-9-6-3)92-110-98(103)86-83-80-77-74-72-69-67-65-63-61-59-57-55-53-51-49-47-45-43-41-39-37-35-33-31-29-27-25-23-20-17-14-11-8-5-2/h7-8,10-11,16-17,19-20,24-27,30-33,36-39,94-96,100-101H,4-6,9,12-15,18,21-23,28-29,34-35,40-93H2,1-3H3,(H,105,106)(H,107,108)/b10-7-,11-8-,19-16-,20-17-,26-24-,27-25-,32-30-,33-31-,38-36-,39-37-. The van der Waals surface area contributed by atoms with E-state index in [1.165, 1.54) is 244 Å². The molecule has 0 aromatic heterocycles. The number of carbonyl (C=O) groups is 3. The molecule has 0 amide bonds. The molecule has 117 heavy (non-hydrogen) atoms. The first-order chi connectivity index (χ1) is 57.2. The fraction of sp³-hybridized carbons (Fsp3) is 0.768. The lowest BCUT2D eigenvalue weighted by atomic mass is 10.0. The first kappa shape index (κ1) is 113. The van der Waals surface area contributed by atoms with Gasteiger partial charge in [-0.25, -0.2) is 9.13 Å². The first-order valence-electron chi connectivity index (χ1n) is 47.8. The topological polar surface area (TPSA) is 231 Å². The summed E-state index contributed by atoms with van der Waals surface area (Å²) in [6.45, 7) is 2.52. The van der Waals surface area contributed by atoms with Crippen LogP contribution in [-0.2, 0) is 55.8 Å². The molecule has 0 aromatic rings. The van der Waals surface area contributed by atoms with Gasteiger partial charge in [0, 0.05) is 19.3 Å². The molecule has 5 atom stereocenters. The molecule has 18 heteroatoms. The minimum atomic E-state index is -4.93. The predicted molar refractivity (Wildman–Crippen MR) is 491 cm³/mol. The van der Waals surface area contributed by atoms with E-state index in [1.807, 2.05) is 0 Å². The van der Waals surface area contributed by atoms with Crippen molar-refractivity contribution in [3.8, 4) is 0 Å². The van der Waals surface area contributed by atoms with Gasteiger partial charge in [-0.15, -0.1) is 0 Å². The number of aliphatic hydroxyl groups is 2. The van der Waals surface area contributed by atoms with E-state index in [2.05, 4.69) is 142 Å². The van der Waals surface area contributed by atoms with Crippen molar-refractivity contribution in [1.29, 1.82) is 0 Å². The van der Waals surface area contributed by atoms with Crippen molar-refractivity contribution in [3.63, 3.8) is 0 Å². The Bertz CT molecular complexity index is 2610. The Morgan fingerprint density at radius 2 is 0.453 bits per heavy atom. The van der Waals surface area contributed by atoms with E-state index in [1.54, 1.807) is 0 Å². The average Bonchev–Trinajstić information content (AvgIpc) is 0.920. The largest absolute Gasteiger partial charge is 0.472 e. The molecule has 4 N–H and O–H groups in total. The zero-order valence-corrected chi connectivity index (χ0v) is 76.6. The van der Waals surface area contributed by atoms with Gasteiger partial charge in [0.2, 0.25) is 0 Å². The van der Waals surface area contributed by atoms with Gasteiger partial charge in [0.1, 0.15) is 25.4 Å². The van der Waals surface area contributed by atoms with Gasteiger partial charge in [-0.3, -0.25) is 32.5 Å². The fourth-order valence-corrected chi connectivity index (χ4v) is 15.1. The number of aliphatic hydroxyl groups excluding tert-OH is 2. The van der Waals surface area contributed by atoms with E-state index in [-0.39, 0.29) is 19.3 Å². The molecule has 0 fully saturated rings. The van der Waals surface area contributed by atoms with Crippen LogP contribution in [0.4, 0.5) is 0 Å². The van der Waals surface area contributed by atoms with Gasteiger partial charge in [0.05, 0.1) is 26.4 Å². The number of phosphoric acid groups is 2. The smallest absolute Gasteiger partial charge is 0.463 e. The maximum atomic E-state index is 13.0. The molecule has 5 unspecified atom stereocenters. The molecule has 0 aliphatic heterocycles. The molecule has 0 aliphatic carbocycles. The summed E-state index contributed by atoms with van der Waals surface area (Å²) in [5.41, 5.74) is 0. The highest BCUT2D eigenvalue weighted by molar-refractivity contribution is 7.47. The fourth-order valence-electron chi connectivity index (χ4n) is 13.5. The quantitative estimate of drug-likeness (QED) is 0.0146. The number of rotatable bonds is 91. The third-order valence-corrected chi connectivity index (χ3v) is 22.6. The zero-order chi connectivity index (χ0) is 85.1. The van der Waals surface area contributed by atoms with Crippen molar-refractivity contribution in [2.75, 3.05) is 39.6 Å². The highest BCUT2D eigenvalue weighted by Gasteiger charge is 2.30. The van der Waals surface area contributed by atoms with Gasteiger partial charge in [-0.05, 0) is 109 Å². The maximum Gasteiger partial charge on any atom is 0.472 e. The van der Waals surface area contributed by atoms with Crippen LogP contribution in [0.1, 0.15) is 432 Å². The summed E-state index contributed by atoms with van der Waals surface area (Å²) in [4.78, 5) is 58.8.